The summed E-state index contributed by atoms with van der Waals surface area (Å²) in [7, 11) is 0. The molecule has 0 aliphatic rings. The number of hydrogen-bond acceptors (Lipinski definition) is 0. The summed E-state index contributed by atoms with van der Waals surface area (Å²) in [4.78, 5) is 0. The van der Waals surface area contributed by atoms with Gasteiger partial charge in [-0.05, 0) is 117 Å². The molecule has 0 aromatic heterocycles. The molecule has 0 atom stereocenters. The van der Waals surface area contributed by atoms with E-state index in [4.69, 9.17) is 0 Å². The maximum atomic E-state index is 2.39. The summed E-state index contributed by atoms with van der Waals surface area (Å²) >= 11 is 0. The van der Waals surface area contributed by atoms with Crippen molar-refractivity contribution < 1.29 is 0 Å². The topological polar surface area (TPSA) is 0 Å². The van der Waals surface area contributed by atoms with E-state index in [2.05, 4.69) is 206 Å². The minimum atomic E-state index is 1.21. The molecule has 242 valence electrons. The minimum Gasteiger partial charge on any atom is -0.0622 e. The molecule has 0 radical (unpaired) electrons. The minimum absolute atomic E-state index is 1.21. The third-order valence-corrected chi connectivity index (χ3v) is 10.6. The highest BCUT2D eigenvalue weighted by molar-refractivity contribution is 6.22. The lowest BCUT2D eigenvalue weighted by Gasteiger charge is -2.19. The molecule has 0 heterocycles. The van der Waals surface area contributed by atoms with Crippen LogP contribution in [0.3, 0.4) is 0 Å². The summed E-state index contributed by atoms with van der Waals surface area (Å²) in [5.41, 5.74) is 12.4. The third kappa shape index (κ3) is 5.08. The van der Waals surface area contributed by atoms with Crippen LogP contribution in [0.2, 0.25) is 0 Å². The van der Waals surface area contributed by atoms with Crippen molar-refractivity contribution in [2.24, 2.45) is 0 Å². The van der Waals surface area contributed by atoms with Crippen molar-refractivity contribution in [1.82, 2.24) is 0 Å². The fraction of sp³-hybridized carbons (Fsp3) is 0. The SMILES string of the molecule is c1ccc(-c2ccc(-c3cccc(-c4c5ccccc5c(-c5cccc(-c6cc7ccccc7c7ccccc67)c5)c5ccccc45)c3)cc2)cc1. The van der Waals surface area contributed by atoms with Crippen molar-refractivity contribution in [2.75, 3.05) is 0 Å². The van der Waals surface area contributed by atoms with Gasteiger partial charge in [0.05, 0.1) is 0 Å². The van der Waals surface area contributed by atoms with Crippen LogP contribution in [0.4, 0.5) is 0 Å². The van der Waals surface area contributed by atoms with E-state index in [1.165, 1.54) is 98.7 Å². The highest BCUT2D eigenvalue weighted by Crippen LogP contribution is 2.45. The van der Waals surface area contributed by atoms with Gasteiger partial charge in [0.2, 0.25) is 0 Å². The monoisotopic (exact) mass is 658 g/mol. The average molecular weight is 659 g/mol. The van der Waals surface area contributed by atoms with Crippen LogP contribution in [0.15, 0.2) is 206 Å². The van der Waals surface area contributed by atoms with E-state index >= 15 is 0 Å². The zero-order valence-electron chi connectivity index (χ0n) is 28.6. The second-order valence-electron chi connectivity index (χ2n) is 13.6. The van der Waals surface area contributed by atoms with Gasteiger partial charge >= 0.3 is 0 Å². The molecule has 0 unspecified atom stereocenters. The molecule has 10 aromatic carbocycles. The van der Waals surface area contributed by atoms with Crippen LogP contribution in [0.1, 0.15) is 0 Å². The summed E-state index contributed by atoms with van der Waals surface area (Å²) in [6.45, 7) is 0. The first-order valence-electron chi connectivity index (χ1n) is 18.0. The van der Waals surface area contributed by atoms with E-state index in [1.807, 2.05) is 0 Å². The van der Waals surface area contributed by atoms with Gasteiger partial charge in [0, 0.05) is 0 Å². The zero-order valence-corrected chi connectivity index (χ0v) is 28.6. The van der Waals surface area contributed by atoms with E-state index in [1.54, 1.807) is 0 Å². The second-order valence-corrected chi connectivity index (χ2v) is 13.6. The summed E-state index contributed by atoms with van der Waals surface area (Å²) in [6, 6.07) is 75.5. The van der Waals surface area contributed by atoms with Crippen molar-refractivity contribution in [3.63, 3.8) is 0 Å². The van der Waals surface area contributed by atoms with Gasteiger partial charge in [-0.2, -0.15) is 0 Å². The Bertz CT molecular complexity index is 2880. The maximum absolute atomic E-state index is 2.39. The Morgan fingerprint density at radius 1 is 0.192 bits per heavy atom. The summed E-state index contributed by atoms with van der Waals surface area (Å²) < 4.78 is 0. The molecule has 0 spiro atoms. The molecule has 0 N–H and O–H groups in total. The number of rotatable bonds is 5. The molecule has 0 saturated carbocycles. The highest BCUT2D eigenvalue weighted by Gasteiger charge is 2.18. The number of fused-ring (bicyclic) bond motifs is 5. The lowest BCUT2D eigenvalue weighted by atomic mass is 9.84. The number of benzene rings is 10. The third-order valence-electron chi connectivity index (χ3n) is 10.6. The first-order chi connectivity index (χ1) is 25.8. The molecule has 0 aliphatic carbocycles. The van der Waals surface area contributed by atoms with Crippen LogP contribution < -0.4 is 0 Å². The normalized spacial score (nSPS) is 11.5. The molecule has 0 nitrogen and oxygen atoms in total. The van der Waals surface area contributed by atoms with Gasteiger partial charge in [-0.3, -0.25) is 0 Å². The highest BCUT2D eigenvalue weighted by atomic mass is 14.2. The van der Waals surface area contributed by atoms with E-state index in [-0.39, 0.29) is 0 Å². The second kappa shape index (κ2) is 12.5. The van der Waals surface area contributed by atoms with Crippen molar-refractivity contribution >= 4 is 43.1 Å². The molecular weight excluding hydrogens is 625 g/mol. The van der Waals surface area contributed by atoms with Gasteiger partial charge < -0.3 is 0 Å². The van der Waals surface area contributed by atoms with Crippen LogP contribution in [-0.2, 0) is 0 Å². The Morgan fingerprint density at radius 2 is 0.577 bits per heavy atom. The van der Waals surface area contributed by atoms with E-state index in [9.17, 15) is 0 Å². The molecule has 52 heavy (non-hydrogen) atoms. The smallest absolute Gasteiger partial charge is 0.00262 e. The molecule has 0 aliphatic heterocycles. The Morgan fingerprint density at radius 3 is 1.17 bits per heavy atom. The van der Waals surface area contributed by atoms with E-state index < -0.39 is 0 Å². The molecule has 0 bridgehead atoms. The van der Waals surface area contributed by atoms with Gasteiger partial charge in [0.25, 0.3) is 0 Å². The maximum Gasteiger partial charge on any atom is -0.00262 e. The Balaban J connectivity index is 1.14. The fourth-order valence-corrected chi connectivity index (χ4v) is 8.23. The molecular formula is C52H34. The van der Waals surface area contributed by atoms with Crippen LogP contribution in [0.25, 0.3) is 98.7 Å². The predicted octanol–water partition coefficient (Wildman–Crippen LogP) is 14.6. The average Bonchev–Trinajstić information content (AvgIpc) is 3.23. The largest absolute Gasteiger partial charge is 0.0622 e. The Hall–Kier alpha value is -6.76. The zero-order chi connectivity index (χ0) is 34.4. The van der Waals surface area contributed by atoms with Crippen molar-refractivity contribution in [1.29, 1.82) is 0 Å². The van der Waals surface area contributed by atoms with Crippen molar-refractivity contribution in [3.05, 3.63) is 206 Å². The molecule has 10 aromatic rings. The molecule has 0 fully saturated rings. The van der Waals surface area contributed by atoms with E-state index in [0.717, 1.165) is 0 Å². The van der Waals surface area contributed by atoms with Gasteiger partial charge in [0.15, 0.2) is 0 Å². The van der Waals surface area contributed by atoms with Crippen LogP contribution in [-0.4, -0.2) is 0 Å². The summed E-state index contributed by atoms with van der Waals surface area (Å²) in [5.74, 6) is 0. The first-order valence-corrected chi connectivity index (χ1v) is 18.0. The van der Waals surface area contributed by atoms with Gasteiger partial charge in [0.1, 0.15) is 0 Å². The van der Waals surface area contributed by atoms with Crippen LogP contribution >= 0.6 is 0 Å². The lowest BCUT2D eigenvalue weighted by Crippen LogP contribution is -1.92. The molecule has 0 heteroatoms. The van der Waals surface area contributed by atoms with Crippen molar-refractivity contribution in [2.45, 2.75) is 0 Å². The Kier molecular flexibility index (Phi) is 7.25. The summed E-state index contributed by atoms with van der Waals surface area (Å²) in [5, 5.41) is 10.1. The molecule has 0 amide bonds. The molecule has 0 saturated heterocycles. The van der Waals surface area contributed by atoms with Crippen molar-refractivity contribution in [3.8, 4) is 55.6 Å². The number of hydrogen-bond donors (Lipinski definition) is 0. The standard InChI is InChI=1S/C52H34/c1-2-14-35(15-3-1)36-28-30-37(31-29-36)38-17-12-19-41(32-38)51-46-24-8-10-26-48(46)52(49-27-11-9-25-47(49)51)42-20-13-18-39(33-42)50-34-40-16-4-5-21-43(40)44-22-6-7-23-45(44)50/h1-34H. The Labute approximate surface area is 303 Å². The van der Waals surface area contributed by atoms with E-state index in [0.29, 0.717) is 0 Å². The first kappa shape index (κ1) is 30.1. The predicted molar refractivity (Wildman–Crippen MR) is 224 cm³/mol. The quantitative estimate of drug-likeness (QED) is 0.128. The summed E-state index contributed by atoms with van der Waals surface area (Å²) in [6.07, 6.45) is 0. The fourth-order valence-electron chi connectivity index (χ4n) is 8.23. The van der Waals surface area contributed by atoms with Crippen LogP contribution in [0.5, 0.6) is 0 Å². The van der Waals surface area contributed by atoms with Gasteiger partial charge in [-0.15, -0.1) is 0 Å². The van der Waals surface area contributed by atoms with Gasteiger partial charge in [-0.1, -0.05) is 188 Å². The molecule has 10 rings (SSSR count). The van der Waals surface area contributed by atoms with Gasteiger partial charge in [-0.25, -0.2) is 0 Å². The van der Waals surface area contributed by atoms with Crippen LogP contribution in [0, 0.1) is 0 Å². The lowest BCUT2D eigenvalue weighted by molar-refractivity contribution is 1.58.